The van der Waals surface area contributed by atoms with E-state index in [1.807, 2.05) is 0 Å². The lowest BCUT2D eigenvalue weighted by Crippen LogP contribution is -2.42. The number of carboxylic acids is 2. The number of hydrogen-bond donors (Lipinski definition) is 3. The maximum Gasteiger partial charge on any atom is 0.523 e. The van der Waals surface area contributed by atoms with Crippen LogP contribution < -0.4 is 0 Å². The first kappa shape index (κ1) is 16.3. The van der Waals surface area contributed by atoms with Gasteiger partial charge >= 0.3 is 20.0 Å². The highest BCUT2D eigenvalue weighted by molar-refractivity contribution is 7.41. The lowest BCUT2D eigenvalue weighted by molar-refractivity contribution is -0.143. The van der Waals surface area contributed by atoms with Crippen molar-refractivity contribution in [2.45, 2.75) is 24.9 Å². The zero-order valence-electron chi connectivity index (χ0n) is 10.9. The maximum absolute atomic E-state index is 11.5. The summed E-state index contributed by atoms with van der Waals surface area (Å²) in [6.07, 6.45) is -0.378. The van der Waals surface area contributed by atoms with E-state index in [1.165, 1.54) is 0 Å². The van der Waals surface area contributed by atoms with Crippen LogP contribution in [0, 0.1) is 5.92 Å². The number of benzene rings is 1. The van der Waals surface area contributed by atoms with Gasteiger partial charge in [0.1, 0.15) is 0 Å². The van der Waals surface area contributed by atoms with E-state index >= 15 is 0 Å². The van der Waals surface area contributed by atoms with E-state index in [4.69, 9.17) is 5.11 Å². The van der Waals surface area contributed by atoms with Crippen LogP contribution in [0.2, 0.25) is 0 Å². The molecule has 0 aliphatic rings. The number of rotatable bonds is 7. The monoisotopic (exact) mass is 299 g/mol. The topological polar surface area (TPSA) is 112 Å². The molecule has 3 unspecified atom stereocenters. The van der Waals surface area contributed by atoms with Gasteiger partial charge in [0.05, 0.1) is 6.42 Å². The standard InChI is InChI=1S/C13H15O6P/c1-13(12(16)17,20(18)19)10(8-11(14)15)7-9-5-3-2-4-6-9/h2-6,10H,7-8H2,1H3,(H2-,14,15,16,17,18,19)/p+1. The Bertz CT molecular complexity index is 499. The summed E-state index contributed by atoms with van der Waals surface area (Å²) in [6, 6.07) is 8.70. The molecule has 108 valence electrons. The molecule has 0 saturated carbocycles. The van der Waals surface area contributed by atoms with Crippen molar-refractivity contribution in [1.82, 2.24) is 0 Å². The molecule has 1 aromatic carbocycles. The Labute approximate surface area is 116 Å². The van der Waals surface area contributed by atoms with Gasteiger partial charge < -0.3 is 10.2 Å². The van der Waals surface area contributed by atoms with Crippen LogP contribution in [0.4, 0.5) is 0 Å². The van der Waals surface area contributed by atoms with E-state index < -0.39 is 37.5 Å². The molecule has 0 amide bonds. The van der Waals surface area contributed by atoms with Gasteiger partial charge in [-0.3, -0.25) is 4.79 Å². The second kappa shape index (κ2) is 6.59. The Balaban J connectivity index is 3.14. The van der Waals surface area contributed by atoms with Crippen molar-refractivity contribution in [2.24, 2.45) is 5.92 Å². The molecule has 0 radical (unpaired) electrons. The van der Waals surface area contributed by atoms with Crippen LogP contribution in [0.3, 0.4) is 0 Å². The Kier molecular flexibility index (Phi) is 5.36. The molecule has 0 aliphatic heterocycles. The quantitative estimate of drug-likeness (QED) is 0.663. The number of carboxylic acid groups (broad SMARTS) is 2. The smallest absolute Gasteiger partial charge is 0.481 e. The minimum Gasteiger partial charge on any atom is -0.481 e. The first-order valence-corrected chi connectivity index (χ1v) is 7.15. The molecule has 0 aromatic heterocycles. The molecule has 0 saturated heterocycles. The second-order valence-electron chi connectivity index (χ2n) is 4.71. The predicted molar refractivity (Wildman–Crippen MR) is 71.8 cm³/mol. The third kappa shape index (κ3) is 3.62. The molecule has 7 heteroatoms. The molecule has 0 aliphatic carbocycles. The summed E-state index contributed by atoms with van der Waals surface area (Å²) in [5, 5.41) is 16.2. The lowest BCUT2D eigenvalue weighted by atomic mass is 9.84. The highest BCUT2D eigenvalue weighted by Gasteiger charge is 2.58. The fraction of sp³-hybridized carbons (Fsp3) is 0.385. The molecular weight excluding hydrogens is 283 g/mol. The van der Waals surface area contributed by atoms with Crippen LogP contribution in [-0.4, -0.2) is 32.2 Å². The largest absolute Gasteiger partial charge is 0.523 e. The first-order valence-electron chi connectivity index (χ1n) is 5.93. The molecule has 0 spiro atoms. The first-order chi connectivity index (χ1) is 9.28. The summed E-state index contributed by atoms with van der Waals surface area (Å²) in [6.45, 7) is 1.12. The molecule has 3 atom stereocenters. The summed E-state index contributed by atoms with van der Waals surface area (Å²) < 4.78 is 11.5. The van der Waals surface area contributed by atoms with Gasteiger partial charge in [-0.2, -0.15) is 4.89 Å². The number of aliphatic carboxylic acids is 2. The molecule has 20 heavy (non-hydrogen) atoms. The van der Waals surface area contributed by atoms with Crippen LogP contribution in [0.15, 0.2) is 30.3 Å². The van der Waals surface area contributed by atoms with Gasteiger partial charge in [0.15, 0.2) is 0 Å². The van der Waals surface area contributed by atoms with Gasteiger partial charge in [0, 0.05) is 5.92 Å². The summed E-state index contributed by atoms with van der Waals surface area (Å²) in [7, 11) is -3.06. The summed E-state index contributed by atoms with van der Waals surface area (Å²) in [5.41, 5.74) is 0.725. The predicted octanol–water partition coefficient (Wildman–Crippen LogP) is 1.90. The van der Waals surface area contributed by atoms with Crippen molar-refractivity contribution >= 4 is 20.0 Å². The Morgan fingerprint density at radius 1 is 1.25 bits per heavy atom. The number of hydrogen-bond acceptors (Lipinski definition) is 3. The molecule has 3 N–H and O–H groups in total. The van der Waals surface area contributed by atoms with Crippen molar-refractivity contribution in [3.63, 3.8) is 0 Å². The van der Waals surface area contributed by atoms with Gasteiger partial charge in [0.25, 0.3) is 5.16 Å². The molecule has 0 fully saturated rings. The zero-order chi connectivity index (χ0) is 15.3. The normalized spacial score (nSPS) is 16.0. The average molecular weight is 299 g/mol. The van der Waals surface area contributed by atoms with Crippen LogP contribution in [-0.2, 0) is 20.6 Å². The lowest BCUT2D eigenvalue weighted by Gasteiger charge is -2.22. The minimum absolute atomic E-state index is 0.109. The van der Waals surface area contributed by atoms with E-state index in [2.05, 4.69) is 0 Å². The molecular formula is C13H16O6P+. The Morgan fingerprint density at radius 3 is 2.20 bits per heavy atom. The van der Waals surface area contributed by atoms with Crippen LogP contribution in [0.25, 0.3) is 0 Å². The fourth-order valence-corrected chi connectivity index (χ4v) is 2.65. The van der Waals surface area contributed by atoms with Crippen molar-refractivity contribution in [3.8, 4) is 0 Å². The minimum atomic E-state index is -3.06. The molecule has 0 heterocycles. The van der Waals surface area contributed by atoms with E-state index in [0.29, 0.717) is 0 Å². The van der Waals surface area contributed by atoms with Crippen LogP contribution in [0.5, 0.6) is 0 Å². The Morgan fingerprint density at radius 2 is 1.80 bits per heavy atom. The fourth-order valence-electron chi connectivity index (χ4n) is 1.99. The van der Waals surface area contributed by atoms with Crippen LogP contribution in [0.1, 0.15) is 18.9 Å². The van der Waals surface area contributed by atoms with E-state index in [0.717, 1.165) is 12.5 Å². The highest BCUT2D eigenvalue weighted by Crippen LogP contribution is 2.44. The van der Waals surface area contributed by atoms with Gasteiger partial charge in [-0.25, -0.2) is 4.79 Å². The van der Waals surface area contributed by atoms with Crippen LogP contribution >= 0.6 is 8.03 Å². The van der Waals surface area contributed by atoms with E-state index in [9.17, 15) is 24.2 Å². The summed E-state index contributed by atoms with van der Waals surface area (Å²) in [5.74, 6) is -3.65. The van der Waals surface area contributed by atoms with Gasteiger partial charge in [-0.15, -0.1) is 0 Å². The number of carbonyl (C=O) groups is 2. The molecule has 1 aromatic rings. The van der Waals surface area contributed by atoms with Crippen molar-refractivity contribution < 1.29 is 29.3 Å². The maximum atomic E-state index is 11.5. The van der Waals surface area contributed by atoms with Gasteiger partial charge in [0.2, 0.25) is 0 Å². The van der Waals surface area contributed by atoms with E-state index in [-0.39, 0.29) is 6.42 Å². The molecule has 1 rings (SSSR count). The second-order valence-corrected chi connectivity index (χ2v) is 6.19. The van der Waals surface area contributed by atoms with Crippen molar-refractivity contribution in [3.05, 3.63) is 35.9 Å². The zero-order valence-corrected chi connectivity index (χ0v) is 11.8. The summed E-state index contributed by atoms with van der Waals surface area (Å²) in [4.78, 5) is 31.6. The summed E-state index contributed by atoms with van der Waals surface area (Å²) >= 11 is 0. The van der Waals surface area contributed by atoms with E-state index in [1.54, 1.807) is 30.3 Å². The highest BCUT2D eigenvalue weighted by atomic mass is 31.1. The third-order valence-electron chi connectivity index (χ3n) is 3.37. The van der Waals surface area contributed by atoms with Gasteiger partial charge in [-0.05, 0) is 23.5 Å². The average Bonchev–Trinajstić information content (AvgIpc) is 2.37. The SMILES string of the molecule is CC(C(=O)O)(C(CC(=O)O)Cc1ccccc1)[P+](=O)O. The molecule has 0 bridgehead atoms. The van der Waals surface area contributed by atoms with Crippen molar-refractivity contribution in [2.75, 3.05) is 0 Å². The Hall–Kier alpha value is -1.78. The van der Waals surface area contributed by atoms with Gasteiger partial charge in [-0.1, -0.05) is 30.3 Å². The third-order valence-corrected chi connectivity index (χ3v) is 4.72. The molecule has 6 nitrogen and oxygen atoms in total. The van der Waals surface area contributed by atoms with Crippen molar-refractivity contribution in [1.29, 1.82) is 0 Å².